The van der Waals surface area contributed by atoms with Crippen LogP contribution in [0.15, 0.2) is 0 Å². The van der Waals surface area contributed by atoms with Crippen LogP contribution in [-0.4, -0.2) is 28.0 Å². The first kappa shape index (κ1) is 9.82. The maximum Gasteiger partial charge on any atom is 0.396 e. The van der Waals surface area contributed by atoms with Gasteiger partial charge in [-0.25, -0.2) is 0 Å². The van der Waals surface area contributed by atoms with Crippen molar-refractivity contribution in [3.05, 3.63) is 5.82 Å². The van der Waals surface area contributed by atoms with Gasteiger partial charge in [0, 0.05) is 14.1 Å². The van der Waals surface area contributed by atoms with Crippen molar-refractivity contribution in [1.29, 1.82) is 0 Å². The number of alkyl halides is 3. The number of halogens is 3. The van der Waals surface area contributed by atoms with Crippen LogP contribution in [0.4, 0.5) is 19.1 Å². The van der Waals surface area contributed by atoms with Gasteiger partial charge in [0.05, 0.1) is 0 Å². The second-order valence-corrected chi connectivity index (χ2v) is 2.54. The van der Waals surface area contributed by atoms with E-state index >= 15 is 0 Å². The third kappa shape index (κ3) is 2.33. The summed E-state index contributed by atoms with van der Waals surface area (Å²) in [5.41, 5.74) is 0. The Kier molecular flexibility index (Phi) is 2.44. The van der Waals surface area contributed by atoms with Crippen molar-refractivity contribution in [2.24, 2.45) is 7.05 Å². The van der Waals surface area contributed by atoms with E-state index in [9.17, 15) is 13.2 Å². The number of aromatic nitrogens is 3. The lowest BCUT2D eigenvalue weighted by atomic mass is 10.4. The van der Waals surface area contributed by atoms with Gasteiger partial charge >= 0.3 is 6.18 Å². The fourth-order valence-electron chi connectivity index (χ4n) is 0.912. The maximum atomic E-state index is 11.9. The van der Waals surface area contributed by atoms with Gasteiger partial charge < -0.3 is 9.88 Å². The molecule has 0 spiro atoms. The molecule has 1 aromatic rings. The molecule has 0 radical (unpaired) electrons. The summed E-state index contributed by atoms with van der Waals surface area (Å²) in [5.74, 6) is 0.219. The molecule has 7 heteroatoms. The standard InChI is InChI=1S/C6H9F3N4/c1-10-5-12-11-4(13(5)2)3-6(7,8)9/h3H2,1-2H3,(H,10,12). The molecule has 0 saturated carbocycles. The smallest absolute Gasteiger partial charge is 0.357 e. The Hall–Kier alpha value is -1.27. The maximum absolute atomic E-state index is 11.9. The van der Waals surface area contributed by atoms with E-state index in [1.54, 1.807) is 7.05 Å². The number of nitrogens with zero attached hydrogens (tertiary/aromatic N) is 3. The monoisotopic (exact) mass is 194 g/mol. The van der Waals surface area contributed by atoms with Gasteiger partial charge in [-0.1, -0.05) is 0 Å². The Morgan fingerprint density at radius 1 is 1.38 bits per heavy atom. The summed E-state index contributed by atoms with van der Waals surface area (Å²) in [6.45, 7) is 0. The van der Waals surface area contributed by atoms with Gasteiger partial charge in [0.25, 0.3) is 0 Å². The molecule has 0 unspecified atom stereocenters. The van der Waals surface area contributed by atoms with Crippen LogP contribution in [-0.2, 0) is 13.5 Å². The molecule has 0 aliphatic carbocycles. The summed E-state index contributed by atoms with van der Waals surface area (Å²) >= 11 is 0. The van der Waals surface area contributed by atoms with Gasteiger partial charge in [0.1, 0.15) is 12.2 Å². The predicted molar refractivity (Wildman–Crippen MR) is 40.3 cm³/mol. The van der Waals surface area contributed by atoms with E-state index < -0.39 is 12.6 Å². The van der Waals surface area contributed by atoms with Crippen molar-refractivity contribution < 1.29 is 13.2 Å². The second kappa shape index (κ2) is 3.23. The molecule has 0 amide bonds. The molecule has 1 heterocycles. The van der Waals surface area contributed by atoms with Crippen LogP contribution in [0, 0.1) is 0 Å². The van der Waals surface area contributed by atoms with Gasteiger partial charge in [-0.05, 0) is 0 Å². The van der Waals surface area contributed by atoms with Gasteiger partial charge in [-0.2, -0.15) is 13.2 Å². The van der Waals surface area contributed by atoms with E-state index in [1.807, 2.05) is 0 Å². The molecule has 13 heavy (non-hydrogen) atoms. The molecule has 0 aliphatic rings. The summed E-state index contributed by atoms with van der Waals surface area (Å²) in [6.07, 6.45) is -5.30. The highest BCUT2D eigenvalue weighted by Gasteiger charge is 2.30. The van der Waals surface area contributed by atoms with E-state index in [1.165, 1.54) is 11.6 Å². The van der Waals surface area contributed by atoms with Crippen LogP contribution < -0.4 is 5.32 Å². The highest BCUT2D eigenvalue weighted by Crippen LogP contribution is 2.20. The Morgan fingerprint density at radius 3 is 2.38 bits per heavy atom. The predicted octanol–water partition coefficient (Wildman–Crippen LogP) is 0.962. The summed E-state index contributed by atoms with van der Waals surface area (Å²) < 4.78 is 37.1. The number of hydrogen-bond acceptors (Lipinski definition) is 3. The number of anilines is 1. The third-order valence-corrected chi connectivity index (χ3v) is 1.55. The van der Waals surface area contributed by atoms with Crippen LogP contribution in [0.2, 0.25) is 0 Å². The summed E-state index contributed by atoms with van der Waals surface area (Å²) in [6, 6.07) is 0. The highest BCUT2D eigenvalue weighted by molar-refractivity contribution is 5.23. The Labute approximate surface area is 72.8 Å². The first-order valence-corrected chi connectivity index (χ1v) is 3.57. The van der Waals surface area contributed by atoms with Crippen molar-refractivity contribution in [3.8, 4) is 0 Å². The minimum absolute atomic E-state index is 0.100. The molecule has 0 fully saturated rings. The first-order chi connectivity index (χ1) is 5.94. The molecular formula is C6H9F3N4. The molecule has 1 aromatic heterocycles. The van der Waals surface area contributed by atoms with Crippen molar-refractivity contribution >= 4 is 5.95 Å². The molecule has 0 bridgehead atoms. The molecule has 4 nitrogen and oxygen atoms in total. The van der Waals surface area contributed by atoms with E-state index in [2.05, 4.69) is 15.5 Å². The van der Waals surface area contributed by atoms with Gasteiger partial charge in [0.15, 0.2) is 0 Å². The lowest BCUT2D eigenvalue weighted by Gasteiger charge is -2.05. The second-order valence-electron chi connectivity index (χ2n) is 2.54. The summed E-state index contributed by atoms with van der Waals surface area (Å²) in [7, 11) is 3.05. The van der Waals surface area contributed by atoms with Gasteiger partial charge in [-0.3, -0.25) is 0 Å². The Balaban J connectivity index is 2.84. The van der Waals surface area contributed by atoms with Crippen molar-refractivity contribution in [2.75, 3.05) is 12.4 Å². The minimum Gasteiger partial charge on any atom is -0.357 e. The number of nitrogens with one attached hydrogen (secondary N) is 1. The van der Waals surface area contributed by atoms with Crippen molar-refractivity contribution in [2.45, 2.75) is 12.6 Å². The van der Waals surface area contributed by atoms with Crippen molar-refractivity contribution in [1.82, 2.24) is 14.8 Å². The zero-order valence-corrected chi connectivity index (χ0v) is 7.18. The lowest BCUT2D eigenvalue weighted by molar-refractivity contribution is -0.128. The van der Waals surface area contributed by atoms with Crippen LogP contribution in [0.5, 0.6) is 0 Å². The largest absolute Gasteiger partial charge is 0.396 e. The Morgan fingerprint density at radius 2 is 2.00 bits per heavy atom. The molecule has 0 saturated heterocycles. The average molecular weight is 194 g/mol. The zero-order valence-electron chi connectivity index (χ0n) is 7.18. The molecule has 74 valence electrons. The van der Waals surface area contributed by atoms with Crippen LogP contribution in [0.25, 0.3) is 0 Å². The van der Waals surface area contributed by atoms with Crippen molar-refractivity contribution in [3.63, 3.8) is 0 Å². The molecular weight excluding hydrogens is 185 g/mol. The summed E-state index contributed by atoms with van der Waals surface area (Å²) in [5, 5.41) is 9.55. The first-order valence-electron chi connectivity index (χ1n) is 3.57. The normalized spacial score (nSPS) is 11.8. The number of rotatable bonds is 2. The van der Waals surface area contributed by atoms with Gasteiger partial charge in [0.2, 0.25) is 5.95 Å². The topological polar surface area (TPSA) is 42.7 Å². The molecule has 0 aliphatic heterocycles. The van der Waals surface area contributed by atoms with E-state index in [0.29, 0.717) is 5.95 Å². The van der Waals surface area contributed by atoms with E-state index in [-0.39, 0.29) is 5.82 Å². The van der Waals surface area contributed by atoms with Crippen LogP contribution >= 0.6 is 0 Å². The fraction of sp³-hybridized carbons (Fsp3) is 0.667. The van der Waals surface area contributed by atoms with Gasteiger partial charge in [-0.15, -0.1) is 10.2 Å². The van der Waals surface area contributed by atoms with E-state index in [0.717, 1.165) is 0 Å². The van der Waals surface area contributed by atoms with Crippen LogP contribution in [0.3, 0.4) is 0 Å². The quantitative estimate of drug-likeness (QED) is 0.762. The minimum atomic E-state index is -4.24. The zero-order chi connectivity index (χ0) is 10.1. The highest BCUT2D eigenvalue weighted by atomic mass is 19.4. The third-order valence-electron chi connectivity index (χ3n) is 1.55. The van der Waals surface area contributed by atoms with Crippen LogP contribution in [0.1, 0.15) is 5.82 Å². The number of hydrogen-bond donors (Lipinski definition) is 1. The fourth-order valence-corrected chi connectivity index (χ4v) is 0.912. The molecule has 0 aromatic carbocycles. The molecule has 1 rings (SSSR count). The lowest BCUT2D eigenvalue weighted by Crippen LogP contribution is -2.15. The average Bonchev–Trinajstić information content (AvgIpc) is 2.30. The molecule has 1 N–H and O–H groups in total. The molecule has 0 atom stereocenters. The summed E-state index contributed by atoms with van der Waals surface area (Å²) in [4.78, 5) is 0. The van der Waals surface area contributed by atoms with E-state index in [4.69, 9.17) is 0 Å². The SMILES string of the molecule is CNc1nnc(CC(F)(F)F)n1C. The Bertz CT molecular complexity index is 291.